The number of aliphatic hydroxyl groups excluding tert-OH is 1. The Bertz CT molecular complexity index is 1220. The first-order valence-electron chi connectivity index (χ1n) is 8.84. The van der Waals surface area contributed by atoms with Gasteiger partial charge in [0, 0.05) is 22.7 Å². The second kappa shape index (κ2) is 6.83. The molecule has 0 aliphatic carbocycles. The van der Waals surface area contributed by atoms with Crippen LogP contribution in [0.25, 0.3) is 21.0 Å². The topological polar surface area (TPSA) is 51.5 Å². The fourth-order valence-corrected chi connectivity index (χ4v) is 4.63. The summed E-state index contributed by atoms with van der Waals surface area (Å²) in [4.78, 5) is 12.8. The zero-order chi connectivity index (χ0) is 19.1. The van der Waals surface area contributed by atoms with Gasteiger partial charge >= 0.3 is 0 Å². The van der Waals surface area contributed by atoms with E-state index in [1.807, 2.05) is 61.9 Å². The van der Waals surface area contributed by atoms with Crippen LogP contribution in [0.1, 0.15) is 22.4 Å². The van der Waals surface area contributed by atoms with Gasteiger partial charge in [0.1, 0.15) is 12.4 Å². The van der Waals surface area contributed by atoms with Crippen molar-refractivity contribution in [1.29, 1.82) is 0 Å². The average Bonchev–Trinajstić information content (AvgIpc) is 2.94. The number of rotatable bonds is 4. The summed E-state index contributed by atoms with van der Waals surface area (Å²) in [6.07, 6.45) is 0. The van der Waals surface area contributed by atoms with Crippen LogP contribution in [-0.2, 0) is 20.3 Å². The first-order valence-corrected chi connectivity index (χ1v) is 9.65. The number of ether oxygens (including phenoxy) is 1. The highest BCUT2D eigenvalue weighted by molar-refractivity contribution is 7.17. The molecule has 0 atom stereocenters. The molecule has 0 spiro atoms. The molecule has 2 aromatic carbocycles. The lowest BCUT2D eigenvalue weighted by Gasteiger charge is -2.12. The lowest BCUT2D eigenvalue weighted by molar-refractivity contribution is 0.266. The minimum atomic E-state index is -0.191. The number of benzene rings is 2. The molecule has 4 nitrogen and oxygen atoms in total. The van der Waals surface area contributed by atoms with Crippen molar-refractivity contribution in [2.75, 3.05) is 0 Å². The fourth-order valence-electron chi connectivity index (χ4n) is 3.69. The molecular weight excluding hydrogens is 358 g/mol. The molecule has 0 saturated heterocycles. The molecule has 0 bridgehead atoms. The summed E-state index contributed by atoms with van der Waals surface area (Å²) in [6, 6.07) is 13.9. The van der Waals surface area contributed by atoms with Crippen molar-refractivity contribution in [3.05, 3.63) is 74.4 Å². The first-order chi connectivity index (χ1) is 13.0. The molecule has 2 heterocycles. The number of aromatic nitrogens is 1. The molecule has 0 fully saturated rings. The van der Waals surface area contributed by atoms with E-state index in [1.54, 1.807) is 0 Å². The van der Waals surface area contributed by atoms with Crippen LogP contribution >= 0.6 is 11.3 Å². The van der Waals surface area contributed by atoms with Crippen molar-refractivity contribution in [1.82, 2.24) is 4.57 Å². The second-order valence-electron chi connectivity index (χ2n) is 6.81. The van der Waals surface area contributed by atoms with Gasteiger partial charge in [0.15, 0.2) is 0 Å². The lowest BCUT2D eigenvalue weighted by Crippen LogP contribution is -2.05. The summed E-state index contributed by atoms with van der Waals surface area (Å²) >= 11 is 1.22. The van der Waals surface area contributed by atoms with Crippen molar-refractivity contribution in [2.45, 2.75) is 27.1 Å². The molecule has 138 valence electrons. The minimum absolute atomic E-state index is 0.0267. The van der Waals surface area contributed by atoms with E-state index in [-0.39, 0.29) is 11.3 Å². The Balaban J connectivity index is 1.87. The van der Waals surface area contributed by atoms with Crippen LogP contribution in [0.2, 0.25) is 0 Å². The van der Waals surface area contributed by atoms with Gasteiger partial charge in [-0.3, -0.25) is 4.79 Å². The molecule has 5 heteroatoms. The molecule has 0 aliphatic rings. The SMILES string of the molecule is Cc1ccc(OCc2c(CO)c3c(=O)sc4ccccc4c3n2C)c(C)c1. The lowest BCUT2D eigenvalue weighted by atomic mass is 10.1. The average molecular weight is 379 g/mol. The quantitative estimate of drug-likeness (QED) is 0.570. The van der Waals surface area contributed by atoms with Crippen molar-refractivity contribution >= 4 is 32.3 Å². The highest BCUT2D eigenvalue weighted by Gasteiger charge is 2.20. The Morgan fingerprint density at radius 3 is 2.67 bits per heavy atom. The third kappa shape index (κ3) is 2.93. The van der Waals surface area contributed by atoms with Gasteiger partial charge in [0.05, 0.1) is 23.2 Å². The molecule has 4 rings (SSSR count). The third-order valence-corrected chi connectivity index (χ3v) is 5.99. The molecule has 0 aliphatic heterocycles. The van der Waals surface area contributed by atoms with E-state index in [9.17, 15) is 9.90 Å². The number of nitrogens with zero attached hydrogens (tertiary/aromatic N) is 1. The predicted molar refractivity (Wildman–Crippen MR) is 111 cm³/mol. The Hall–Kier alpha value is -2.63. The van der Waals surface area contributed by atoms with Gasteiger partial charge in [-0.25, -0.2) is 0 Å². The number of fused-ring (bicyclic) bond motifs is 3. The van der Waals surface area contributed by atoms with Crippen LogP contribution in [0.5, 0.6) is 5.75 Å². The Labute approximate surface area is 161 Å². The smallest absolute Gasteiger partial charge is 0.242 e. The summed E-state index contributed by atoms with van der Waals surface area (Å²) in [5.41, 5.74) is 4.59. The number of aryl methyl sites for hydroxylation is 3. The maximum Gasteiger partial charge on any atom is 0.242 e. The first kappa shape index (κ1) is 17.8. The van der Waals surface area contributed by atoms with Gasteiger partial charge in [-0.1, -0.05) is 47.2 Å². The van der Waals surface area contributed by atoms with Crippen molar-refractivity contribution < 1.29 is 9.84 Å². The van der Waals surface area contributed by atoms with E-state index < -0.39 is 0 Å². The van der Waals surface area contributed by atoms with Gasteiger partial charge in [0.25, 0.3) is 0 Å². The summed E-state index contributed by atoms with van der Waals surface area (Å²) in [5.74, 6) is 0.810. The summed E-state index contributed by atoms with van der Waals surface area (Å²) in [6.45, 7) is 4.17. The van der Waals surface area contributed by atoms with E-state index in [0.29, 0.717) is 17.6 Å². The van der Waals surface area contributed by atoms with Crippen LogP contribution in [0.4, 0.5) is 0 Å². The Morgan fingerprint density at radius 2 is 1.93 bits per heavy atom. The Morgan fingerprint density at radius 1 is 1.15 bits per heavy atom. The summed E-state index contributed by atoms with van der Waals surface area (Å²) in [7, 11) is 1.93. The van der Waals surface area contributed by atoms with Gasteiger partial charge in [-0.15, -0.1) is 0 Å². The predicted octanol–water partition coefficient (Wildman–Crippen LogP) is 4.44. The van der Waals surface area contributed by atoms with Crippen molar-refractivity contribution in [3.8, 4) is 5.75 Å². The highest BCUT2D eigenvalue weighted by Crippen LogP contribution is 2.32. The number of aliphatic hydroxyl groups is 1. The molecular formula is C22H21NO3S. The molecule has 4 aromatic rings. The molecule has 0 radical (unpaired) electrons. The van der Waals surface area contributed by atoms with Crippen LogP contribution in [-0.4, -0.2) is 9.67 Å². The molecule has 0 amide bonds. The van der Waals surface area contributed by atoms with Gasteiger partial charge < -0.3 is 14.4 Å². The molecule has 27 heavy (non-hydrogen) atoms. The Kier molecular flexibility index (Phi) is 4.50. The fraction of sp³-hybridized carbons (Fsp3) is 0.227. The van der Waals surface area contributed by atoms with E-state index in [2.05, 4.69) is 6.07 Å². The summed E-state index contributed by atoms with van der Waals surface area (Å²) < 4.78 is 8.96. The maximum absolute atomic E-state index is 12.8. The zero-order valence-electron chi connectivity index (χ0n) is 15.6. The summed E-state index contributed by atoms with van der Waals surface area (Å²) in [5, 5.41) is 11.6. The van der Waals surface area contributed by atoms with Crippen LogP contribution in [0.15, 0.2) is 47.3 Å². The van der Waals surface area contributed by atoms with E-state index in [1.165, 1.54) is 16.9 Å². The molecule has 2 aromatic heterocycles. The molecule has 0 unspecified atom stereocenters. The molecule has 0 saturated carbocycles. The molecule has 1 N–H and O–H groups in total. The zero-order valence-corrected chi connectivity index (χ0v) is 16.4. The normalized spacial score (nSPS) is 11.4. The van der Waals surface area contributed by atoms with Crippen molar-refractivity contribution in [3.63, 3.8) is 0 Å². The number of hydrogen-bond acceptors (Lipinski definition) is 4. The van der Waals surface area contributed by atoms with E-state index in [0.717, 1.165) is 32.6 Å². The van der Waals surface area contributed by atoms with Gasteiger partial charge in [0.2, 0.25) is 4.74 Å². The van der Waals surface area contributed by atoms with Crippen molar-refractivity contribution in [2.24, 2.45) is 7.05 Å². The minimum Gasteiger partial charge on any atom is -0.487 e. The van der Waals surface area contributed by atoms with E-state index in [4.69, 9.17) is 4.74 Å². The maximum atomic E-state index is 12.8. The second-order valence-corrected chi connectivity index (χ2v) is 7.82. The third-order valence-electron chi connectivity index (χ3n) is 5.03. The number of hydrogen-bond donors (Lipinski definition) is 1. The van der Waals surface area contributed by atoms with Crippen LogP contribution in [0, 0.1) is 13.8 Å². The van der Waals surface area contributed by atoms with E-state index >= 15 is 0 Å². The van der Waals surface area contributed by atoms with Crippen LogP contribution in [0.3, 0.4) is 0 Å². The van der Waals surface area contributed by atoms with Gasteiger partial charge in [-0.05, 0) is 31.5 Å². The van der Waals surface area contributed by atoms with Crippen LogP contribution < -0.4 is 9.48 Å². The largest absolute Gasteiger partial charge is 0.487 e. The monoisotopic (exact) mass is 379 g/mol. The van der Waals surface area contributed by atoms with Gasteiger partial charge in [-0.2, -0.15) is 0 Å². The standard InChI is InChI=1S/C22H21NO3S/c1-13-8-9-18(14(2)10-13)26-12-17-16(11-24)20-21(23(17)3)15-6-4-5-7-19(15)27-22(20)25/h4-10,24H,11-12H2,1-3H3. The highest BCUT2D eigenvalue weighted by atomic mass is 32.1.